The van der Waals surface area contributed by atoms with Gasteiger partial charge in [-0.25, -0.2) is 0 Å². The Labute approximate surface area is 227 Å². The first-order valence-electron chi connectivity index (χ1n) is 15.1. The number of aryl methyl sites for hydroxylation is 2. The van der Waals surface area contributed by atoms with Gasteiger partial charge in [-0.3, -0.25) is 0 Å². The number of piperidine rings is 2. The smallest absolute Gasteiger partial charge is 0.119 e. The van der Waals surface area contributed by atoms with Gasteiger partial charge in [-0.2, -0.15) is 0 Å². The molecule has 4 nitrogen and oxygen atoms in total. The number of rotatable bonds is 13. The van der Waals surface area contributed by atoms with Crippen LogP contribution >= 0.6 is 0 Å². The molecular weight excluding hydrogens is 456 g/mol. The minimum atomic E-state index is 0.835. The second-order valence-corrected chi connectivity index (χ2v) is 10.6. The first-order chi connectivity index (χ1) is 18.3. The average molecular weight is 509 g/mol. The van der Waals surface area contributed by atoms with Gasteiger partial charge in [0.1, 0.15) is 11.5 Å². The number of nitrogens with zero attached hydrogens (tertiary/aromatic N) is 2. The lowest BCUT2D eigenvalue weighted by molar-refractivity contribution is 0.205. The molecule has 0 amide bonds. The van der Waals surface area contributed by atoms with Crippen LogP contribution in [0.2, 0.25) is 0 Å². The third-order valence-electron chi connectivity index (χ3n) is 7.47. The summed E-state index contributed by atoms with van der Waals surface area (Å²) in [6.45, 7) is 13.6. The van der Waals surface area contributed by atoms with Gasteiger partial charge in [0.05, 0.1) is 13.2 Å². The van der Waals surface area contributed by atoms with Crippen molar-refractivity contribution in [2.45, 2.75) is 84.5 Å². The molecule has 0 N–H and O–H groups in total. The summed E-state index contributed by atoms with van der Waals surface area (Å²) in [6.07, 6.45) is 14.1. The lowest BCUT2D eigenvalue weighted by atomic mass is 10.1. The molecule has 2 saturated heterocycles. The Kier molecular flexibility index (Phi) is 14.6. The number of ether oxygens (including phenoxy) is 2. The summed E-state index contributed by atoms with van der Waals surface area (Å²) in [7, 11) is 0. The van der Waals surface area contributed by atoms with Crippen molar-refractivity contribution >= 4 is 0 Å². The molecule has 2 heterocycles. The first-order valence-corrected chi connectivity index (χ1v) is 15.1. The number of benzene rings is 2. The molecule has 2 aromatic carbocycles. The molecule has 0 unspecified atom stereocenters. The topological polar surface area (TPSA) is 24.9 Å². The molecule has 0 atom stereocenters. The molecule has 2 aliphatic heterocycles. The van der Waals surface area contributed by atoms with Crippen molar-refractivity contribution in [3.05, 3.63) is 59.7 Å². The summed E-state index contributed by atoms with van der Waals surface area (Å²) < 4.78 is 11.6. The van der Waals surface area contributed by atoms with E-state index in [2.05, 4.69) is 72.2 Å². The zero-order valence-corrected chi connectivity index (χ0v) is 23.8. The average Bonchev–Trinajstić information content (AvgIpc) is 2.96. The van der Waals surface area contributed by atoms with Crippen LogP contribution in [0.3, 0.4) is 0 Å². The molecule has 0 saturated carbocycles. The van der Waals surface area contributed by atoms with Crippen LogP contribution in [0.15, 0.2) is 48.5 Å². The van der Waals surface area contributed by atoms with E-state index < -0.39 is 0 Å². The highest BCUT2D eigenvalue weighted by Crippen LogP contribution is 2.15. The molecule has 2 fully saturated rings. The molecule has 4 heteroatoms. The van der Waals surface area contributed by atoms with Gasteiger partial charge in [-0.05, 0) is 113 Å². The fourth-order valence-electron chi connectivity index (χ4n) is 5.18. The van der Waals surface area contributed by atoms with Crippen molar-refractivity contribution in [1.29, 1.82) is 0 Å². The monoisotopic (exact) mass is 508 g/mol. The molecule has 0 aliphatic carbocycles. The summed E-state index contributed by atoms with van der Waals surface area (Å²) >= 11 is 0. The van der Waals surface area contributed by atoms with E-state index >= 15 is 0 Å². The minimum Gasteiger partial charge on any atom is -0.494 e. The normalized spacial score (nSPS) is 16.6. The van der Waals surface area contributed by atoms with Crippen molar-refractivity contribution in [2.24, 2.45) is 0 Å². The third kappa shape index (κ3) is 12.4. The van der Waals surface area contributed by atoms with E-state index in [9.17, 15) is 0 Å². The molecule has 2 aliphatic rings. The molecular formula is C33H52N2O2. The maximum Gasteiger partial charge on any atom is 0.119 e. The Morgan fingerprint density at radius 3 is 1.41 bits per heavy atom. The second kappa shape index (κ2) is 18.3. The Morgan fingerprint density at radius 1 is 0.568 bits per heavy atom. The highest BCUT2D eigenvalue weighted by molar-refractivity contribution is 5.28. The van der Waals surface area contributed by atoms with E-state index in [0.717, 1.165) is 50.4 Å². The highest BCUT2D eigenvalue weighted by Gasteiger charge is 2.10. The third-order valence-corrected chi connectivity index (χ3v) is 7.47. The van der Waals surface area contributed by atoms with Gasteiger partial charge in [-0.1, -0.05) is 57.4 Å². The van der Waals surface area contributed by atoms with Crippen molar-refractivity contribution < 1.29 is 9.47 Å². The van der Waals surface area contributed by atoms with Crippen molar-refractivity contribution in [3.8, 4) is 11.5 Å². The van der Waals surface area contributed by atoms with Gasteiger partial charge >= 0.3 is 0 Å². The molecule has 206 valence electrons. The summed E-state index contributed by atoms with van der Waals surface area (Å²) in [5.74, 6) is 2.02. The molecule has 37 heavy (non-hydrogen) atoms. The summed E-state index contributed by atoms with van der Waals surface area (Å²) in [6, 6.07) is 17.0. The van der Waals surface area contributed by atoms with E-state index in [-0.39, 0.29) is 0 Å². The van der Waals surface area contributed by atoms with Gasteiger partial charge in [-0.15, -0.1) is 0 Å². The quantitative estimate of drug-likeness (QED) is 0.263. The van der Waals surface area contributed by atoms with Gasteiger partial charge < -0.3 is 19.3 Å². The molecule has 0 bridgehead atoms. The summed E-state index contributed by atoms with van der Waals surface area (Å²) in [4.78, 5) is 5.13. The van der Waals surface area contributed by atoms with Crippen LogP contribution in [-0.4, -0.2) is 62.3 Å². The molecule has 0 aromatic heterocycles. The van der Waals surface area contributed by atoms with Crippen molar-refractivity contribution in [1.82, 2.24) is 9.80 Å². The van der Waals surface area contributed by atoms with Crippen LogP contribution in [0.1, 0.15) is 82.8 Å². The largest absolute Gasteiger partial charge is 0.494 e. The molecule has 4 rings (SSSR count). The fourth-order valence-corrected chi connectivity index (χ4v) is 5.18. The predicted octanol–water partition coefficient (Wildman–Crippen LogP) is 7.40. The Balaban J connectivity index is 0.000000206. The van der Waals surface area contributed by atoms with Gasteiger partial charge in [0, 0.05) is 13.1 Å². The van der Waals surface area contributed by atoms with Crippen LogP contribution in [0.25, 0.3) is 0 Å². The zero-order valence-electron chi connectivity index (χ0n) is 23.8. The summed E-state index contributed by atoms with van der Waals surface area (Å²) in [5.41, 5.74) is 2.78. The lowest BCUT2D eigenvalue weighted by Crippen LogP contribution is -2.31. The molecule has 0 spiro atoms. The van der Waals surface area contributed by atoms with Crippen LogP contribution in [0.5, 0.6) is 11.5 Å². The van der Waals surface area contributed by atoms with E-state index in [1.165, 1.54) is 95.3 Å². The maximum atomic E-state index is 5.80. The van der Waals surface area contributed by atoms with E-state index in [1.54, 1.807) is 0 Å². The van der Waals surface area contributed by atoms with E-state index in [0.29, 0.717) is 0 Å². The highest BCUT2D eigenvalue weighted by atomic mass is 16.5. The van der Waals surface area contributed by atoms with Crippen LogP contribution in [0.4, 0.5) is 0 Å². The maximum absolute atomic E-state index is 5.80. The van der Waals surface area contributed by atoms with Crippen molar-refractivity contribution in [3.63, 3.8) is 0 Å². The van der Waals surface area contributed by atoms with E-state index in [4.69, 9.17) is 9.47 Å². The van der Waals surface area contributed by atoms with E-state index in [1.807, 2.05) is 0 Å². The molecule has 2 aromatic rings. The predicted molar refractivity (Wildman–Crippen MR) is 157 cm³/mol. The Hall–Kier alpha value is -2.04. The van der Waals surface area contributed by atoms with Gasteiger partial charge in [0.2, 0.25) is 0 Å². The lowest BCUT2D eigenvalue weighted by Gasteiger charge is -2.26. The first kappa shape index (κ1) is 29.5. The van der Waals surface area contributed by atoms with Crippen LogP contribution in [-0.2, 0) is 12.8 Å². The van der Waals surface area contributed by atoms with Crippen molar-refractivity contribution in [2.75, 3.05) is 52.5 Å². The Bertz CT molecular complexity index is 809. The summed E-state index contributed by atoms with van der Waals surface area (Å²) in [5, 5.41) is 0. The fraction of sp³-hybridized carbons (Fsp3) is 0.636. The number of hydrogen-bond acceptors (Lipinski definition) is 4. The second-order valence-electron chi connectivity index (χ2n) is 10.6. The molecule has 0 radical (unpaired) electrons. The standard InChI is InChI=1S/C17H27NO.C16H25NO/c1-2-7-16-8-10-17(11-9-16)19-15-6-14-18-12-4-3-5-13-18;1-2-15-7-9-16(10-8-15)18-14-6-13-17-11-4-3-5-12-17/h8-11H,2-7,12-15H2,1H3;7-10H,2-6,11-14H2,1H3. The van der Waals surface area contributed by atoms with Gasteiger partial charge in [0.15, 0.2) is 0 Å². The zero-order chi connectivity index (χ0) is 26.0. The van der Waals surface area contributed by atoms with Crippen LogP contribution in [0, 0.1) is 0 Å². The van der Waals surface area contributed by atoms with Gasteiger partial charge in [0.25, 0.3) is 0 Å². The number of likely N-dealkylation sites (tertiary alicyclic amines) is 2. The SMILES string of the molecule is CCCc1ccc(OCCCN2CCCCC2)cc1.CCc1ccc(OCCCN2CCCCC2)cc1. The number of hydrogen-bond donors (Lipinski definition) is 0. The van der Waals surface area contributed by atoms with Crippen LogP contribution < -0.4 is 9.47 Å². The Morgan fingerprint density at radius 2 is 1.00 bits per heavy atom. The minimum absolute atomic E-state index is 0.835.